The van der Waals surface area contributed by atoms with E-state index in [2.05, 4.69) is 15.9 Å². The topological polar surface area (TPSA) is 76.1 Å². The maximum absolute atomic E-state index is 12.5. The van der Waals surface area contributed by atoms with Crippen molar-refractivity contribution in [2.24, 2.45) is 0 Å². The lowest BCUT2D eigenvalue weighted by atomic mass is 10.1. The minimum atomic E-state index is -0.975. The number of carbonyl (C=O) groups excluding carboxylic acids is 1. The fourth-order valence-electron chi connectivity index (χ4n) is 2.69. The molecule has 0 saturated carbocycles. The summed E-state index contributed by atoms with van der Waals surface area (Å²) in [6, 6.07) is 13.2. The molecule has 0 unspecified atom stereocenters. The molecule has 1 saturated heterocycles. The number of hydrogen-bond acceptors (Lipinski definition) is 6. The molecule has 1 fully saturated rings. The predicted octanol–water partition coefficient (Wildman–Crippen LogP) is 4.71. The number of benzene rings is 2. The van der Waals surface area contributed by atoms with Crippen molar-refractivity contribution in [3.8, 4) is 11.5 Å². The number of carboxylic acid groups (broad SMARTS) is 1. The molecular formula is C21H18BrNO5S2. The number of thioether (sulfide) groups is 1. The number of carbonyl (C=O) groups is 2. The first kappa shape index (κ1) is 22.3. The summed E-state index contributed by atoms with van der Waals surface area (Å²) in [5, 5.41) is 8.83. The number of rotatable bonds is 8. The standard InChI is InChI=1S/C21H18BrNO5S2/c1-27-17-10-14(4-7-16(17)28-12-13-2-5-15(22)6-3-13)11-18-20(26)23(21(29)30-18)9-8-19(24)25/h2-7,10-11H,8-9,12H2,1H3,(H,24,25)/b18-11+. The van der Waals surface area contributed by atoms with Crippen LogP contribution in [0.4, 0.5) is 0 Å². The van der Waals surface area contributed by atoms with Gasteiger partial charge in [-0.3, -0.25) is 14.5 Å². The minimum Gasteiger partial charge on any atom is -0.493 e. The lowest BCUT2D eigenvalue weighted by Crippen LogP contribution is -2.30. The Morgan fingerprint density at radius 1 is 1.23 bits per heavy atom. The number of thiocarbonyl (C=S) groups is 1. The number of ether oxygens (including phenoxy) is 2. The molecule has 0 atom stereocenters. The van der Waals surface area contributed by atoms with Crippen LogP contribution in [0.15, 0.2) is 51.8 Å². The summed E-state index contributed by atoms with van der Waals surface area (Å²) >= 11 is 9.77. The third kappa shape index (κ3) is 5.62. The second-order valence-electron chi connectivity index (χ2n) is 6.30. The van der Waals surface area contributed by atoms with Gasteiger partial charge in [0.25, 0.3) is 5.91 Å². The van der Waals surface area contributed by atoms with E-state index in [-0.39, 0.29) is 18.9 Å². The highest BCUT2D eigenvalue weighted by molar-refractivity contribution is 9.10. The van der Waals surface area contributed by atoms with E-state index in [4.69, 9.17) is 26.8 Å². The number of nitrogens with zero attached hydrogens (tertiary/aromatic N) is 1. The monoisotopic (exact) mass is 507 g/mol. The van der Waals surface area contributed by atoms with Crippen molar-refractivity contribution in [1.29, 1.82) is 0 Å². The summed E-state index contributed by atoms with van der Waals surface area (Å²) in [5.74, 6) is -0.133. The Bertz CT molecular complexity index is 1010. The van der Waals surface area contributed by atoms with Crippen LogP contribution < -0.4 is 9.47 Å². The van der Waals surface area contributed by atoms with Gasteiger partial charge < -0.3 is 14.6 Å². The van der Waals surface area contributed by atoms with Crippen molar-refractivity contribution in [2.75, 3.05) is 13.7 Å². The maximum atomic E-state index is 12.5. The van der Waals surface area contributed by atoms with Gasteiger partial charge in [0.15, 0.2) is 11.5 Å². The number of aliphatic carboxylic acids is 1. The molecular weight excluding hydrogens is 490 g/mol. The smallest absolute Gasteiger partial charge is 0.305 e. The zero-order valence-electron chi connectivity index (χ0n) is 16.0. The van der Waals surface area contributed by atoms with E-state index in [1.54, 1.807) is 25.3 Å². The Morgan fingerprint density at radius 2 is 1.97 bits per heavy atom. The summed E-state index contributed by atoms with van der Waals surface area (Å²) in [5.41, 5.74) is 1.77. The fraction of sp³-hybridized carbons (Fsp3) is 0.190. The quantitative estimate of drug-likeness (QED) is 0.409. The molecule has 30 heavy (non-hydrogen) atoms. The van der Waals surface area contributed by atoms with Crippen LogP contribution in [0.3, 0.4) is 0 Å². The van der Waals surface area contributed by atoms with E-state index >= 15 is 0 Å². The van der Waals surface area contributed by atoms with Crippen LogP contribution in [0, 0.1) is 0 Å². The van der Waals surface area contributed by atoms with Crippen molar-refractivity contribution in [3.63, 3.8) is 0 Å². The van der Waals surface area contributed by atoms with Gasteiger partial charge in [0.2, 0.25) is 0 Å². The summed E-state index contributed by atoms with van der Waals surface area (Å²) in [6.45, 7) is 0.453. The van der Waals surface area contributed by atoms with Gasteiger partial charge >= 0.3 is 5.97 Å². The molecule has 0 radical (unpaired) electrons. The number of methoxy groups -OCH3 is 1. The van der Waals surface area contributed by atoms with Crippen LogP contribution in [0.1, 0.15) is 17.5 Å². The van der Waals surface area contributed by atoms with E-state index < -0.39 is 5.97 Å². The maximum Gasteiger partial charge on any atom is 0.305 e. The Balaban J connectivity index is 1.72. The molecule has 0 spiro atoms. The first-order valence-corrected chi connectivity index (χ1v) is 10.9. The first-order valence-electron chi connectivity index (χ1n) is 8.90. The SMILES string of the molecule is COc1cc(/C=C2/SC(=S)N(CCC(=O)O)C2=O)ccc1OCc1ccc(Br)cc1. The molecule has 1 N–H and O–H groups in total. The molecule has 3 rings (SSSR count). The van der Waals surface area contributed by atoms with Gasteiger partial charge in [-0.15, -0.1) is 0 Å². The largest absolute Gasteiger partial charge is 0.493 e. The van der Waals surface area contributed by atoms with Crippen LogP contribution in [0.5, 0.6) is 11.5 Å². The molecule has 0 bridgehead atoms. The van der Waals surface area contributed by atoms with Crippen molar-refractivity contribution >= 4 is 62.2 Å². The lowest BCUT2D eigenvalue weighted by Gasteiger charge is -2.12. The Hall–Kier alpha value is -2.36. The highest BCUT2D eigenvalue weighted by atomic mass is 79.9. The van der Waals surface area contributed by atoms with Crippen molar-refractivity contribution in [2.45, 2.75) is 13.0 Å². The van der Waals surface area contributed by atoms with Crippen molar-refractivity contribution < 1.29 is 24.2 Å². The third-order valence-corrected chi connectivity index (χ3v) is 6.12. The van der Waals surface area contributed by atoms with Gasteiger partial charge in [0.1, 0.15) is 10.9 Å². The average Bonchev–Trinajstić information content (AvgIpc) is 2.99. The number of amides is 1. The van der Waals surface area contributed by atoms with E-state index in [1.807, 2.05) is 30.3 Å². The average molecular weight is 508 g/mol. The van der Waals surface area contributed by atoms with Crippen LogP contribution in [0.25, 0.3) is 6.08 Å². The summed E-state index contributed by atoms with van der Waals surface area (Å²) in [7, 11) is 1.55. The van der Waals surface area contributed by atoms with Crippen LogP contribution in [-0.4, -0.2) is 39.9 Å². The number of hydrogen-bond donors (Lipinski definition) is 1. The normalized spacial score (nSPS) is 15.0. The molecule has 9 heteroatoms. The van der Waals surface area contributed by atoms with Crippen LogP contribution >= 0.6 is 39.9 Å². The molecule has 1 heterocycles. The second kappa shape index (κ2) is 10.1. The minimum absolute atomic E-state index is 0.0590. The molecule has 2 aromatic rings. The van der Waals surface area contributed by atoms with E-state index in [0.717, 1.165) is 27.4 Å². The van der Waals surface area contributed by atoms with Crippen molar-refractivity contribution in [3.05, 3.63) is 63.0 Å². The van der Waals surface area contributed by atoms with Gasteiger partial charge in [-0.05, 0) is 41.5 Å². The molecule has 6 nitrogen and oxygen atoms in total. The molecule has 1 amide bonds. The Morgan fingerprint density at radius 3 is 2.63 bits per heavy atom. The van der Waals surface area contributed by atoms with E-state index in [1.165, 1.54) is 4.90 Å². The predicted molar refractivity (Wildman–Crippen MR) is 124 cm³/mol. The molecule has 1 aliphatic heterocycles. The molecule has 1 aliphatic rings. The fourth-order valence-corrected chi connectivity index (χ4v) is 4.26. The summed E-state index contributed by atoms with van der Waals surface area (Å²) in [6.07, 6.45) is 1.55. The van der Waals surface area contributed by atoms with Crippen LogP contribution in [0.2, 0.25) is 0 Å². The van der Waals surface area contributed by atoms with Gasteiger partial charge in [-0.1, -0.05) is 58.1 Å². The molecule has 0 aliphatic carbocycles. The number of carboxylic acids is 1. The van der Waals surface area contributed by atoms with Gasteiger partial charge in [0.05, 0.1) is 18.4 Å². The molecule has 156 valence electrons. The Kier molecular flexibility index (Phi) is 7.52. The zero-order chi connectivity index (χ0) is 21.7. The van der Waals surface area contributed by atoms with Gasteiger partial charge in [-0.25, -0.2) is 0 Å². The van der Waals surface area contributed by atoms with E-state index in [0.29, 0.717) is 27.3 Å². The highest BCUT2D eigenvalue weighted by Gasteiger charge is 2.32. The summed E-state index contributed by atoms with van der Waals surface area (Å²) < 4.78 is 12.7. The molecule has 0 aromatic heterocycles. The first-order chi connectivity index (χ1) is 14.4. The summed E-state index contributed by atoms with van der Waals surface area (Å²) in [4.78, 5) is 25.1. The third-order valence-electron chi connectivity index (χ3n) is 4.22. The second-order valence-corrected chi connectivity index (χ2v) is 8.89. The number of halogens is 1. The Labute approximate surface area is 192 Å². The van der Waals surface area contributed by atoms with Crippen LogP contribution in [-0.2, 0) is 16.2 Å². The van der Waals surface area contributed by atoms with Gasteiger partial charge in [-0.2, -0.15) is 0 Å². The molecule has 2 aromatic carbocycles. The van der Waals surface area contributed by atoms with Gasteiger partial charge in [0, 0.05) is 11.0 Å². The van der Waals surface area contributed by atoms with E-state index in [9.17, 15) is 9.59 Å². The van der Waals surface area contributed by atoms with Crippen molar-refractivity contribution in [1.82, 2.24) is 4.90 Å². The zero-order valence-corrected chi connectivity index (χ0v) is 19.2. The lowest BCUT2D eigenvalue weighted by molar-refractivity contribution is -0.137. The highest BCUT2D eigenvalue weighted by Crippen LogP contribution is 2.35.